The van der Waals surface area contributed by atoms with E-state index in [9.17, 15) is 5.11 Å². The van der Waals surface area contributed by atoms with E-state index in [1.54, 1.807) is 6.92 Å². The van der Waals surface area contributed by atoms with Crippen LogP contribution in [0.3, 0.4) is 0 Å². The van der Waals surface area contributed by atoms with Crippen molar-refractivity contribution in [2.75, 3.05) is 0 Å². The molecule has 0 aromatic heterocycles. The van der Waals surface area contributed by atoms with Crippen molar-refractivity contribution in [1.82, 2.24) is 0 Å². The fourth-order valence-electron chi connectivity index (χ4n) is 1.69. The molecular weight excluding hydrogens is 126 g/mol. The number of hydrogen-bond donors (Lipinski definition) is 2. The first-order chi connectivity index (χ1) is 4.61. The van der Waals surface area contributed by atoms with Gasteiger partial charge in [-0.05, 0) is 19.8 Å². The molecule has 1 fully saturated rings. The average molecular weight is 143 g/mol. The molecule has 1 aliphatic carbocycles. The highest BCUT2D eigenvalue weighted by molar-refractivity contribution is 4.78. The summed E-state index contributed by atoms with van der Waals surface area (Å²) in [6, 6.07) is 0. The standard InChI is InChI=1S/C8H17NO/c1-8(9,10)7-5-3-2-4-6-7/h7,10H,2-6,9H2,1H3. The molecule has 0 amide bonds. The summed E-state index contributed by atoms with van der Waals surface area (Å²) < 4.78 is 0. The van der Waals surface area contributed by atoms with E-state index in [2.05, 4.69) is 0 Å². The Balaban J connectivity index is 2.39. The van der Waals surface area contributed by atoms with Crippen LogP contribution in [0.25, 0.3) is 0 Å². The van der Waals surface area contributed by atoms with Crippen molar-refractivity contribution in [3.8, 4) is 0 Å². The van der Waals surface area contributed by atoms with Crippen LogP contribution in [-0.4, -0.2) is 10.8 Å². The van der Waals surface area contributed by atoms with E-state index in [0.717, 1.165) is 12.8 Å². The topological polar surface area (TPSA) is 46.2 Å². The van der Waals surface area contributed by atoms with Crippen LogP contribution in [0.1, 0.15) is 39.0 Å². The van der Waals surface area contributed by atoms with Crippen molar-refractivity contribution in [1.29, 1.82) is 0 Å². The van der Waals surface area contributed by atoms with Gasteiger partial charge >= 0.3 is 0 Å². The van der Waals surface area contributed by atoms with E-state index in [1.807, 2.05) is 0 Å². The lowest BCUT2D eigenvalue weighted by molar-refractivity contribution is -0.0106. The zero-order chi connectivity index (χ0) is 7.61. The molecule has 2 nitrogen and oxygen atoms in total. The highest BCUT2D eigenvalue weighted by atomic mass is 16.3. The van der Waals surface area contributed by atoms with E-state index < -0.39 is 5.72 Å². The summed E-state index contributed by atoms with van der Waals surface area (Å²) in [5.41, 5.74) is 4.64. The van der Waals surface area contributed by atoms with Crippen molar-refractivity contribution in [3.05, 3.63) is 0 Å². The Hall–Kier alpha value is -0.0800. The van der Waals surface area contributed by atoms with Crippen molar-refractivity contribution in [2.24, 2.45) is 11.7 Å². The van der Waals surface area contributed by atoms with Gasteiger partial charge in [0, 0.05) is 5.92 Å². The van der Waals surface area contributed by atoms with Gasteiger partial charge in [-0.15, -0.1) is 0 Å². The fraction of sp³-hybridized carbons (Fsp3) is 1.00. The molecule has 10 heavy (non-hydrogen) atoms. The molecule has 0 aromatic carbocycles. The molecule has 0 bridgehead atoms. The number of hydrogen-bond acceptors (Lipinski definition) is 2. The van der Waals surface area contributed by atoms with Gasteiger partial charge in [-0.1, -0.05) is 19.3 Å². The molecule has 3 N–H and O–H groups in total. The summed E-state index contributed by atoms with van der Waals surface area (Å²) in [5.74, 6) is 0.334. The van der Waals surface area contributed by atoms with Gasteiger partial charge < -0.3 is 10.8 Å². The quantitative estimate of drug-likeness (QED) is 0.542. The van der Waals surface area contributed by atoms with Crippen LogP contribution in [0.5, 0.6) is 0 Å². The lowest BCUT2D eigenvalue weighted by Crippen LogP contribution is -2.44. The molecule has 0 spiro atoms. The molecule has 2 heteroatoms. The highest BCUT2D eigenvalue weighted by Crippen LogP contribution is 2.29. The lowest BCUT2D eigenvalue weighted by atomic mass is 9.83. The minimum Gasteiger partial charge on any atom is -0.376 e. The molecule has 1 rings (SSSR count). The molecule has 0 aromatic rings. The molecule has 1 unspecified atom stereocenters. The van der Waals surface area contributed by atoms with Crippen molar-refractivity contribution in [2.45, 2.75) is 44.8 Å². The van der Waals surface area contributed by atoms with Crippen LogP contribution < -0.4 is 5.73 Å². The van der Waals surface area contributed by atoms with E-state index in [0.29, 0.717) is 5.92 Å². The van der Waals surface area contributed by atoms with Crippen molar-refractivity contribution >= 4 is 0 Å². The molecule has 0 heterocycles. The smallest absolute Gasteiger partial charge is 0.113 e. The summed E-state index contributed by atoms with van der Waals surface area (Å²) >= 11 is 0. The first-order valence-corrected chi connectivity index (χ1v) is 4.12. The largest absolute Gasteiger partial charge is 0.376 e. The highest BCUT2D eigenvalue weighted by Gasteiger charge is 2.28. The van der Waals surface area contributed by atoms with E-state index in [4.69, 9.17) is 5.73 Å². The van der Waals surface area contributed by atoms with Gasteiger partial charge in [0.05, 0.1) is 0 Å². The van der Waals surface area contributed by atoms with Crippen LogP contribution in [0, 0.1) is 5.92 Å². The number of nitrogens with two attached hydrogens (primary N) is 1. The summed E-state index contributed by atoms with van der Waals surface area (Å²) in [6.45, 7) is 1.71. The third-order valence-corrected chi connectivity index (χ3v) is 2.43. The monoisotopic (exact) mass is 143 g/mol. The van der Waals surface area contributed by atoms with Gasteiger partial charge in [0.25, 0.3) is 0 Å². The van der Waals surface area contributed by atoms with Crippen LogP contribution in [0.4, 0.5) is 0 Å². The normalized spacial score (nSPS) is 27.9. The predicted octanol–water partition coefficient (Wildman–Crippen LogP) is 1.23. The Labute approximate surface area is 62.4 Å². The SMILES string of the molecule is CC(N)(O)C1CCCCC1. The minimum absolute atomic E-state index is 0.334. The zero-order valence-electron chi connectivity index (χ0n) is 6.64. The minimum atomic E-state index is -0.930. The van der Waals surface area contributed by atoms with E-state index in [1.165, 1.54) is 19.3 Å². The zero-order valence-corrected chi connectivity index (χ0v) is 6.64. The van der Waals surface area contributed by atoms with Crippen LogP contribution >= 0.6 is 0 Å². The van der Waals surface area contributed by atoms with Gasteiger partial charge in [-0.3, -0.25) is 0 Å². The first-order valence-electron chi connectivity index (χ1n) is 4.12. The molecule has 1 saturated carbocycles. The van der Waals surface area contributed by atoms with Gasteiger partial charge in [-0.25, -0.2) is 0 Å². The molecule has 0 radical (unpaired) electrons. The first kappa shape index (κ1) is 8.02. The Morgan fingerprint density at radius 1 is 1.30 bits per heavy atom. The number of rotatable bonds is 1. The molecule has 1 aliphatic rings. The molecule has 0 saturated heterocycles. The van der Waals surface area contributed by atoms with Crippen LogP contribution in [0.2, 0.25) is 0 Å². The maximum absolute atomic E-state index is 9.42. The molecule has 1 atom stereocenters. The molecule has 60 valence electrons. The van der Waals surface area contributed by atoms with Gasteiger partial charge in [0.1, 0.15) is 5.72 Å². The van der Waals surface area contributed by atoms with Gasteiger partial charge in [-0.2, -0.15) is 0 Å². The van der Waals surface area contributed by atoms with Gasteiger partial charge in [0.2, 0.25) is 0 Å². The Kier molecular flexibility index (Phi) is 2.32. The summed E-state index contributed by atoms with van der Waals surface area (Å²) in [7, 11) is 0. The lowest BCUT2D eigenvalue weighted by Gasteiger charge is -2.31. The Bertz CT molecular complexity index is 100. The van der Waals surface area contributed by atoms with Crippen molar-refractivity contribution in [3.63, 3.8) is 0 Å². The molecular formula is C8H17NO. The fourth-order valence-corrected chi connectivity index (χ4v) is 1.69. The van der Waals surface area contributed by atoms with E-state index >= 15 is 0 Å². The third kappa shape index (κ3) is 1.96. The summed E-state index contributed by atoms with van der Waals surface area (Å²) in [4.78, 5) is 0. The maximum Gasteiger partial charge on any atom is 0.113 e. The predicted molar refractivity (Wildman–Crippen MR) is 41.4 cm³/mol. The second-order valence-electron chi connectivity index (χ2n) is 3.56. The Morgan fingerprint density at radius 3 is 2.10 bits per heavy atom. The Morgan fingerprint density at radius 2 is 1.80 bits per heavy atom. The summed E-state index contributed by atoms with van der Waals surface area (Å²) in [6.07, 6.45) is 5.98. The van der Waals surface area contributed by atoms with Crippen LogP contribution in [0.15, 0.2) is 0 Å². The van der Waals surface area contributed by atoms with E-state index in [-0.39, 0.29) is 0 Å². The second-order valence-corrected chi connectivity index (χ2v) is 3.56. The molecule has 0 aliphatic heterocycles. The summed E-state index contributed by atoms with van der Waals surface area (Å²) in [5, 5.41) is 9.42. The second kappa shape index (κ2) is 2.89. The van der Waals surface area contributed by atoms with Crippen molar-refractivity contribution < 1.29 is 5.11 Å². The van der Waals surface area contributed by atoms with Gasteiger partial charge in [0.15, 0.2) is 0 Å². The number of aliphatic hydroxyl groups is 1. The maximum atomic E-state index is 9.42. The third-order valence-electron chi connectivity index (χ3n) is 2.43. The van der Waals surface area contributed by atoms with Crippen LogP contribution in [-0.2, 0) is 0 Å². The average Bonchev–Trinajstić information content (AvgIpc) is 1.88.